The van der Waals surface area contributed by atoms with E-state index < -0.39 is 13.0 Å². The third-order valence-electron chi connectivity index (χ3n) is 3.00. The molecular weight excluding hydrogens is 445 g/mol. The molecule has 0 unspecified atom stereocenters. The van der Waals surface area contributed by atoms with Crippen LogP contribution in [0.4, 0.5) is 8.78 Å². The molecule has 0 N–H and O–H groups in total. The molecule has 0 aliphatic carbocycles. The Kier molecular flexibility index (Phi) is 8.61. The van der Waals surface area contributed by atoms with Gasteiger partial charge in [-0.3, -0.25) is 0 Å². The quantitative estimate of drug-likeness (QED) is 0.470. The summed E-state index contributed by atoms with van der Waals surface area (Å²) in [6.45, 7) is 3.55. The van der Waals surface area contributed by atoms with Crippen LogP contribution in [-0.4, -0.2) is 31.8 Å². The van der Waals surface area contributed by atoms with Gasteiger partial charge < -0.3 is 14.4 Å². The molecule has 2 rings (SSSR count). The molecule has 1 aliphatic heterocycles. The Morgan fingerprint density at radius 1 is 1.30 bits per heavy atom. The minimum absolute atomic E-state index is 0. The predicted octanol–water partition coefficient (Wildman–Crippen LogP) is 4.18. The summed E-state index contributed by atoms with van der Waals surface area (Å²) in [5.41, 5.74) is 1.78. The molecule has 121 valence electrons. The van der Waals surface area contributed by atoms with Crippen molar-refractivity contribution in [1.29, 1.82) is 0 Å². The summed E-state index contributed by atoms with van der Waals surface area (Å²) >= 11 is 3.29. The van der Waals surface area contributed by atoms with Crippen LogP contribution in [0.2, 0.25) is 0 Å². The molecule has 1 aliphatic rings. The SMILES string of the molecule is C=C1C(Br)=C[C-]=C(c2ccc(OCOC)cc2)N1CC(F)F.[Y]. The first-order valence-corrected chi connectivity index (χ1v) is 7.28. The van der Waals surface area contributed by atoms with Gasteiger partial charge in [0.15, 0.2) is 6.79 Å². The predicted molar refractivity (Wildman–Crippen MR) is 84.5 cm³/mol. The Morgan fingerprint density at radius 2 is 1.96 bits per heavy atom. The summed E-state index contributed by atoms with van der Waals surface area (Å²) < 4.78 is 36.4. The molecule has 7 heteroatoms. The van der Waals surface area contributed by atoms with Crippen LogP contribution in [0.25, 0.3) is 5.70 Å². The molecule has 1 aromatic carbocycles. The Labute approximate surface area is 168 Å². The van der Waals surface area contributed by atoms with E-state index in [9.17, 15) is 8.78 Å². The molecule has 0 amide bonds. The maximum atomic E-state index is 12.8. The van der Waals surface area contributed by atoms with Gasteiger partial charge in [0.05, 0.1) is 6.54 Å². The van der Waals surface area contributed by atoms with Crippen molar-refractivity contribution < 1.29 is 51.0 Å². The van der Waals surface area contributed by atoms with Crippen molar-refractivity contribution >= 4 is 21.6 Å². The smallest absolute Gasteiger partial charge is 0.256 e. The van der Waals surface area contributed by atoms with E-state index in [1.807, 2.05) is 0 Å². The first-order valence-electron chi connectivity index (χ1n) is 6.49. The second kappa shape index (κ2) is 9.67. The van der Waals surface area contributed by atoms with Gasteiger partial charge in [-0.25, -0.2) is 8.78 Å². The minimum atomic E-state index is -2.48. The molecule has 0 saturated carbocycles. The van der Waals surface area contributed by atoms with Gasteiger partial charge >= 0.3 is 0 Å². The monoisotopic (exact) mass is 459 g/mol. The minimum Gasteiger partial charge on any atom is -0.468 e. The first-order chi connectivity index (χ1) is 10.5. The van der Waals surface area contributed by atoms with Crippen LogP contribution < -0.4 is 4.74 Å². The molecule has 0 fully saturated rings. The number of nitrogens with zero attached hydrogens (tertiary/aromatic N) is 1. The normalized spacial score (nSPS) is 14.3. The number of benzene rings is 1. The summed E-state index contributed by atoms with van der Waals surface area (Å²) in [5, 5.41) is 0. The molecule has 3 nitrogen and oxygen atoms in total. The third kappa shape index (κ3) is 5.49. The van der Waals surface area contributed by atoms with E-state index in [-0.39, 0.29) is 39.5 Å². The van der Waals surface area contributed by atoms with Crippen molar-refractivity contribution in [2.24, 2.45) is 0 Å². The van der Waals surface area contributed by atoms with Crippen molar-refractivity contribution in [2.75, 3.05) is 20.4 Å². The summed E-state index contributed by atoms with van der Waals surface area (Å²) in [5.74, 6) is 0.637. The van der Waals surface area contributed by atoms with E-state index in [1.54, 1.807) is 30.3 Å². The second-order valence-electron chi connectivity index (χ2n) is 4.51. The summed E-state index contributed by atoms with van der Waals surface area (Å²) in [7, 11) is 1.54. The van der Waals surface area contributed by atoms with E-state index in [0.717, 1.165) is 5.56 Å². The summed E-state index contributed by atoms with van der Waals surface area (Å²) in [4.78, 5) is 1.44. The Morgan fingerprint density at radius 3 is 2.52 bits per heavy atom. The number of allylic oxidation sites excluding steroid dienone is 3. The molecule has 23 heavy (non-hydrogen) atoms. The fraction of sp³-hybridized carbons (Fsp3) is 0.250. The van der Waals surface area contributed by atoms with Gasteiger partial charge in [0, 0.05) is 39.8 Å². The van der Waals surface area contributed by atoms with Crippen molar-refractivity contribution in [3.63, 3.8) is 0 Å². The fourth-order valence-corrected chi connectivity index (χ4v) is 2.30. The largest absolute Gasteiger partial charge is 0.468 e. The van der Waals surface area contributed by atoms with Crippen LogP contribution in [0.5, 0.6) is 5.75 Å². The average Bonchev–Trinajstić information content (AvgIpc) is 2.50. The number of ether oxygens (including phenoxy) is 2. The average molecular weight is 460 g/mol. The zero-order valence-corrected chi connectivity index (χ0v) is 17.0. The third-order valence-corrected chi connectivity index (χ3v) is 3.69. The molecular formula is C16H15BrF2NO2Y-. The topological polar surface area (TPSA) is 21.7 Å². The van der Waals surface area contributed by atoms with Gasteiger partial charge in [0.2, 0.25) is 0 Å². The van der Waals surface area contributed by atoms with Gasteiger partial charge in [0.1, 0.15) is 5.75 Å². The number of alkyl halides is 2. The Balaban J connectivity index is 0.00000264. The van der Waals surface area contributed by atoms with E-state index in [4.69, 9.17) is 9.47 Å². The van der Waals surface area contributed by atoms with E-state index in [2.05, 4.69) is 28.6 Å². The van der Waals surface area contributed by atoms with Crippen molar-refractivity contribution in [3.8, 4) is 5.75 Å². The van der Waals surface area contributed by atoms with Crippen molar-refractivity contribution in [3.05, 3.63) is 58.7 Å². The number of hydrogen-bond acceptors (Lipinski definition) is 3. The van der Waals surface area contributed by atoms with Gasteiger partial charge in [-0.15, -0.1) is 28.1 Å². The van der Waals surface area contributed by atoms with Gasteiger partial charge in [0.25, 0.3) is 6.43 Å². The molecule has 0 saturated heterocycles. The second-order valence-corrected chi connectivity index (χ2v) is 5.36. The number of methoxy groups -OCH3 is 1. The molecule has 1 radical (unpaired) electrons. The Bertz CT molecular complexity index is 603. The number of halogens is 3. The molecule has 1 heterocycles. The van der Waals surface area contributed by atoms with Crippen LogP contribution in [0, 0.1) is 6.08 Å². The van der Waals surface area contributed by atoms with E-state index >= 15 is 0 Å². The van der Waals surface area contributed by atoms with Crippen LogP contribution in [-0.2, 0) is 37.4 Å². The van der Waals surface area contributed by atoms with Gasteiger partial charge in [-0.1, -0.05) is 22.3 Å². The van der Waals surface area contributed by atoms with E-state index in [0.29, 0.717) is 21.6 Å². The number of hydrogen-bond donors (Lipinski definition) is 0. The molecule has 0 spiro atoms. The van der Waals surface area contributed by atoms with E-state index in [1.165, 1.54) is 12.0 Å². The maximum Gasteiger partial charge on any atom is 0.256 e. The van der Waals surface area contributed by atoms with Crippen molar-refractivity contribution in [1.82, 2.24) is 4.90 Å². The Hall–Kier alpha value is -0.556. The van der Waals surface area contributed by atoms with Crippen LogP contribution >= 0.6 is 15.9 Å². The zero-order chi connectivity index (χ0) is 16.1. The fourth-order valence-electron chi connectivity index (χ4n) is 1.97. The van der Waals surface area contributed by atoms with Crippen LogP contribution in [0.15, 0.2) is 47.1 Å². The number of rotatable bonds is 6. The molecule has 0 bridgehead atoms. The molecule has 0 aromatic heterocycles. The van der Waals surface area contributed by atoms with Crippen molar-refractivity contribution in [2.45, 2.75) is 6.43 Å². The standard InChI is InChI=1S/C16H15BrF2NO2.Y/c1-11-14(17)7-8-15(20(11)9-16(18)19)12-3-5-13(6-4-12)22-10-21-2;/h3-7,16H,1,9-10H2,2H3;/q-1;. The first kappa shape index (κ1) is 20.5. The summed E-state index contributed by atoms with van der Waals surface area (Å²) in [6, 6.07) is 7.07. The maximum absolute atomic E-state index is 12.8. The zero-order valence-electron chi connectivity index (χ0n) is 12.6. The van der Waals surface area contributed by atoms with Gasteiger partial charge in [-0.05, 0) is 17.8 Å². The molecule has 0 atom stereocenters. The van der Waals surface area contributed by atoms with Gasteiger partial charge in [-0.2, -0.15) is 12.2 Å². The molecule has 1 aromatic rings. The van der Waals surface area contributed by atoms with Crippen LogP contribution in [0.3, 0.4) is 0 Å². The van der Waals surface area contributed by atoms with Crippen LogP contribution in [0.1, 0.15) is 5.56 Å². The summed E-state index contributed by atoms with van der Waals surface area (Å²) in [6.07, 6.45) is 2.21.